The van der Waals surface area contributed by atoms with Crippen LogP contribution in [0.3, 0.4) is 0 Å². The van der Waals surface area contributed by atoms with Crippen LogP contribution in [0.4, 0.5) is 5.69 Å². The molecule has 0 aromatic heterocycles. The number of hydrogen-bond donors (Lipinski definition) is 1. The Kier molecular flexibility index (Phi) is 6.15. The summed E-state index contributed by atoms with van der Waals surface area (Å²) in [6.45, 7) is 13.1. The molecule has 1 heterocycles. The molecule has 152 valence electrons. The summed E-state index contributed by atoms with van der Waals surface area (Å²) in [4.78, 5) is 2.87. The minimum absolute atomic E-state index is 0.408. The molecule has 2 aromatic rings. The van der Waals surface area contributed by atoms with E-state index in [4.69, 9.17) is 0 Å². The van der Waals surface area contributed by atoms with E-state index < -0.39 is 10.0 Å². The van der Waals surface area contributed by atoms with Crippen molar-refractivity contribution in [1.29, 1.82) is 0 Å². The molecule has 1 saturated heterocycles. The maximum Gasteiger partial charge on any atom is 0.262 e. The van der Waals surface area contributed by atoms with Gasteiger partial charge in [0.2, 0.25) is 0 Å². The second-order valence-corrected chi connectivity index (χ2v) is 9.71. The molecule has 4 nitrogen and oxygen atoms in total. The first-order valence-corrected chi connectivity index (χ1v) is 11.6. The molecule has 0 spiro atoms. The third-order valence-corrected chi connectivity index (χ3v) is 7.92. The number of anilines is 1. The molecule has 1 fully saturated rings. The molecule has 0 atom stereocenters. The van der Waals surface area contributed by atoms with Gasteiger partial charge in [0.1, 0.15) is 0 Å². The highest BCUT2D eigenvalue weighted by Crippen LogP contribution is 2.30. The fourth-order valence-electron chi connectivity index (χ4n) is 4.13. The Hall–Kier alpha value is -1.85. The fourth-order valence-corrected chi connectivity index (χ4v) is 5.79. The lowest BCUT2D eigenvalue weighted by molar-refractivity contribution is 0.221. The van der Waals surface area contributed by atoms with Crippen molar-refractivity contribution in [3.8, 4) is 0 Å². The van der Waals surface area contributed by atoms with Crippen LogP contribution in [0.15, 0.2) is 29.2 Å². The average Bonchev–Trinajstić information content (AvgIpc) is 2.67. The molecular weight excluding hydrogens is 368 g/mol. The Morgan fingerprint density at radius 3 is 1.82 bits per heavy atom. The fraction of sp³-hybridized carbons (Fsp3) is 0.478. The molecule has 3 rings (SSSR count). The van der Waals surface area contributed by atoms with Crippen molar-refractivity contribution in [2.45, 2.75) is 65.3 Å². The summed E-state index contributed by atoms with van der Waals surface area (Å²) in [5, 5.41) is 0. The number of piperidine rings is 1. The van der Waals surface area contributed by atoms with Gasteiger partial charge >= 0.3 is 0 Å². The largest absolute Gasteiger partial charge is 0.299 e. The zero-order chi connectivity index (χ0) is 20.5. The van der Waals surface area contributed by atoms with Crippen LogP contribution in [0, 0.1) is 34.6 Å². The molecule has 0 unspecified atom stereocenters. The zero-order valence-corrected chi connectivity index (χ0v) is 18.5. The Balaban J connectivity index is 1.81. The normalized spacial score (nSPS) is 15.6. The van der Waals surface area contributed by atoms with Crippen molar-refractivity contribution < 1.29 is 8.42 Å². The van der Waals surface area contributed by atoms with Gasteiger partial charge in [0, 0.05) is 12.2 Å². The van der Waals surface area contributed by atoms with Crippen molar-refractivity contribution >= 4 is 15.7 Å². The van der Waals surface area contributed by atoms with E-state index in [1.165, 1.54) is 24.8 Å². The van der Waals surface area contributed by atoms with Gasteiger partial charge < -0.3 is 0 Å². The lowest BCUT2D eigenvalue weighted by atomic mass is 9.95. The minimum Gasteiger partial charge on any atom is -0.299 e. The van der Waals surface area contributed by atoms with Crippen molar-refractivity contribution in [3.05, 3.63) is 57.6 Å². The molecule has 0 amide bonds. The zero-order valence-electron chi connectivity index (χ0n) is 17.7. The topological polar surface area (TPSA) is 49.4 Å². The number of nitrogens with one attached hydrogen (secondary N) is 1. The SMILES string of the molecule is Cc1c(C)c(C)c(S(=O)(=O)Nc2ccc(CN3CCCCC3)cc2)c(C)c1C. The highest BCUT2D eigenvalue weighted by molar-refractivity contribution is 7.92. The number of nitrogens with zero attached hydrogens (tertiary/aromatic N) is 1. The van der Waals surface area contributed by atoms with Crippen molar-refractivity contribution in [3.63, 3.8) is 0 Å². The second kappa shape index (κ2) is 8.26. The quantitative estimate of drug-likeness (QED) is 0.767. The molecule has 28 heavy (non-hydrogen) atoms. The summed E-state index contributed by atoms with van der Waals surface area (Å²) in [6.07, 6.45) is 3.87. The maximum atomic E-state index is 13.1. The second-order valence-electron chi connectivity index (χ2n) is 8.09. The lowest BCUT2D eigenvalue weighted by Gasteiger charge is -2.26. The monoisotopic (exact) mass is 400 g/mol. The van der Waals surface area contributed by atoms with Gasteiger partial charge in [-0.2, -0.15) is 0 Å². The number of sulfonamides is 1. The van der Waals surface area contributed by atoms with Crippen LogP contribution in [-0.2, 0) is 16.6 Å². The molecular formula is C23H32N2O2S. The van der Waals surface area contributed by atoms with Gasteiger partial charge in [-0.1, -0.05) is 18.6 Å². The maximum absolute atomic E-state index is 13.1. The van der Waals surface area contributed by atoms with Crippen LogP contribution in [-0.4, -0.2) is 26.4 Å². The van der Waals surface area contributed by atoms with Gasteiger partial charge in [0.25, 0.3) is 10.0 Å². The highest BCUT2D eigenvalue weighted by Gasteiger charge is 2.23. The molecule has 1 N–H and O–H groups in total. The summed E-state index contributed by atoms with van der Waals surface area (Å²) >= 11 is 0. The molecule has 0 aliphatic carbocycles. The first-order chi connectivity index (χ1) is 13.2. The standard InChI is InChI=1S/C23H32N2O2S/c1-16-17(2)19(4)23(20(5)18(16)3)28(26,27)24-22-11-9-21(10-12-22)15-25-13-7-6-8-14-25/h9-12,24H,6-8,13-15H2,1-5H3. The van der Waals surface area contributed by atoms with Crippen molar-refractivity contribution in [2.75, 3.05) is 17.8 Å². The van der Waals surface area contributed by atoms with Crippen molar-refractivity contribution in [2.24, 2.45) is 0 Å². The number of benzene rings is 2. The third-order valence-electron chi connectivity index (χ3n) is 6.26. The summed E-state index contributed by atoms with van der Waals surface area (Å²) in [7, 11) is -3.64. The number of likely N-dealkylation sites (tertiary alicyclic amines) is 1. The van der Waals surface area contributed by atoms with Crippen LogP contribution in [0.2, 0.25) is 0 Å². The molecule has 2 aromatic carbocycles. The summed E-state index contributed by atoms with van der Waals surface area (Å²) in [5.74, 6) is 0. The van der Waals surface area contributed by atoms with Gasteiger partial charge in [-0.15, -0.1) is 0 Å². The smallest absolute Gasteiger partial charge is 0.262 e. The number of rotatable bonds is 5. The summed E-state index contributed by atoms with van der Waals surface area (Å²) < 4.78 is 29.1. The predicted molar refractivity (Wildman–Crippen MR) is 117 cm³/mol. The Labute approximate surface area is 170 Å². The molecule has 1 aliphatic rings. The van der Waals surface area contributed by atoms with Crippen LogP contribution in [0.1, 0.15) is 52.6 Å². The molecule has 1 aliphatic heterocycles. The van der Waals surface area contributed by atoms with Crippen molar-refractivity contribution in [1.82, 2.24) is 4.90 Å². The third kappa shape index (κ3) is 4.26. The average molecular weight is 401 g/mol. The van der Waals surface area contributed by atoms with Gasteiger partial charge in [-0.25, -0.2) is 8.42 Å². The predicted octanol–water partition coefficient (Wildman–Crippen LogP) is 5.02. The first kappa shape index (κ1) is 20.9. The van der Waals surface area contributed by atoms with Gasteiger partial charge in [-0.3, -0.25) is 9.62 Å². The summed E-state index contributed by atoms with van der Waals surface area (Å²) in [6, 6.07) is 7.79. The van der Waals surface area contributed by atoms with Gasteiger partial charge in [0.15, 0.2) is 0 Å². The van der Waals surface area contributed by atoms with Gasteiger partial charge in [-0.05, 0) is 106 Å². The van der Waals surface area contributed by atoms with E-state index in [1.54, 1.807) is 0 Å². The van der Waals surface area contributed by atoms with E-state index in [1.807, 2.05) is 52.0 Å². The van der Waals surface area contributed by atoms with E-state index in [2.05, 4.69) is 16.5 Å². The Morgan fingerprint density at radius 2 is 1.29 bits per heavy atom. The molecule has 0 bridgehead atoms. The van der Waals surface area contributed by atoms with E-state index in [-0.39, 0.29) is 0 Å². The Bertz CT molecular complexity index is 928. The van der Waals surface area contributed by atoms with Crippen LogP contribution in [0.25, 0.3) is 0 Å². The molecule has 0 saturated carbocycles. The first-order valence-electron chi connectivity index (χ1n) is 10.1. The van der Waals surface area contributed by atoms with E-state index >= 15 is 0 Å². The summed E-state index contributed by atoms with van der Waals surface area (Å²) in [5.41, 5.74) is 6.73. The van der Waals surface area contributed by atoms with E-state index in [0.717, 1.165) is 47.5 Å². The van der Waals surface area contributed by atoms with Crippen LogP contribution < -0.4 is 4.72 Å². The van der Waals surface area contributed by atoms with Crippen LogP contribution >= 0.6 is 0 Å². The van der Waals surface area contributed by atoms with Gasteiger partial charge in [0.05, 0.1) is 4.90 Å². The van der Waals surface area contributed by atoms with Crippen LogP contribution in [0.5, 0.6) is 0 Å². The molecule has 5 heteroatoms. The highest BCUT2D eigenvalue weighted by atomic mass is 32.2. The Morgan fingerprint density at radius 1 is 0.786 bits per heavy atom. The lowest BCUT2D eigenvalue weighted by Crippen LogP contribution is -2.29. The van der Waals surface area contributed by atoms with E-state index in [9.17, 15) is 8.42 Å². The minimum atomic E-state index is -3.64. The molecule has 0 radical (unpaired) electrons. The van der Waals surface area contributed by atoms with E-state index in [0.29, 0.717) is 10.6 Å². The number of hydrogen-bond acceptors (Lipinski definition) is 3.